The van der Waals surface area contributed by atoms with Crippen LogP contribution in [0.4, 0.5) is 35.1 Å². The van der Waals surface area contributed by atoms with Gasteiger partial charge < -0.3 is 4.57 Å². The summed E-state index contributed by atoms with van der Waals surface area (Å²) >= 11 is 0. The molecule has 0 saturated carbocycles. The Morgan fingerprint density at radius 3 is 2.30 bits per heavy atom. The van der Waals surface area contributed by atoms with E-state index in [2.05, 4.69) is 10.1 Å². The number of halogens is 8. The molecule has 1 aromatic carbocycles. The van der Waals surface area contributed by atoms with Gasteiger partial charge in [0.15, 0.2) is 5.82 Å². The van der Waals surface area contributed by atoms with E-state index in [-0.39, 0.29) is 11.1 Å². The first-order chi connectivity index (χ1) is 17.3. The lowest BCUT2D eigenvalue weighted by atomic mass is 10.1. The highest BCUT2D eigenvalue weighted by atomic mass is 19.4. The maximum absolute atomic E-state index is 14.3. The number of aromatic nitrogens is 4. The highest BCUT2D eigenvalue weighted by Crippen LogP contribution is 2.35. The van der Waals surface area contributed by atoms with Crippen LogP contribution in [-0.2, 0) is 18.9 Å². The minimum absolute atomic E-state index is 0.270. The lowest BCUT2D eigenvalue weighted by Crippen LogP contribution is -2.29. The third-order valence-electron chi connectivity index (χ3n) is 5.25. The molecule has 3 heterocycles. The number of hydrogen-bond donors (Lipinski definition) is 0. The topological polar surface area (TPSA) is 76.5 Å². The molecule has 0 saturated heterocycles. The van der Waals surface area contributed by atoms with Gasteiger partial charge in [0, 0.05) is 29.6 Å². The number of benzene rings is 1. The van der Waals surface area contributed by atoms with Gasteiger partial charge in [-0.3, -0.25) is 4.79 Å². The first kappa shape index (κ1) is 25.5. The Bertz CT molecular complexity index is 1590. The minimum atomic E-state index is -5.15. The van der Waals surface area contributed by atoms with Crippen molar-refractivity contribution in [1.82, 2.24) is 19.3 Å². The molecule has 0 radical (unpaired) electrons. The average Bonchev–Trinajstić information content (AvgIpc) is 3.30. The summed E-state index contributed by atoms with van der Waals surface area (Å²) in [7, 11) is 0. The van der Waals surface area contributed by atoms with Crippen LogP contribution >= 0.6 is 0 Å². The Kier molecular flexibility index (Phi) is 6.32. The van der Waals surface area contributed by atoms with Crippen molar-refractivity contribution < 1.29 is 35.1 Å². The van der Waals surface area contributed by atoms with E-state index in [4.69, 9.17) is 0 Å². The van der Waals surface area contributed by atoms with E-state index in [0.717, 1.165) is 42.9 Å². The van der Waals surface area contributed by atoms with Crippen LogP contribution < -0.4 is 5.56 Å². The average molecular weight is 525 g/mol. The SMILES string of the molecule is N#Cc1c(C(F)(F)F)cc(-c2cnn(-c3ncccc3C(F)(F)F)c2)n(Cc2ccc(F)cc2F)c1=O. The van der Waals surface area contributed by atoms with Crippen molar-refractivity contribution in [2.75, 3.05) is 0 Å². The lowest BCUT2D eigenvalue weighted by Gasteiger charge is -2.17. The standard InChI is InChI=1S/C23H11F8N5O/c24-14-4-3-12(18(25)6-14)10-35-19(7-17(23(29,30)31)15(8-32)21(35)37)13-9-34-36(11-13)20-16(22(26,27)28)2-1-5-33-20/h1-7,9,11H,10H2. The van der Waals surface area contributed by atoms with E-state index in [9.17, 15) is 45.2 Å². The van der Waals surface area contributed by atoms with Gasteiger partial charge in [0.1, 0.15) is 28.8 Å². The van der Waals surface area contributed by atoms with Crippen molar-refractivity contribution in [2.45, 2.75) is 18.9 Å². The van der Waals surface area contributed by atoms with Crippen LogP contribution in [0.2, 0.25) is 0 Å². The molecule has 3 aromatic heterocycles. The second kappa shape index (κ2) is 9.16. The summed E-state index contributed by atoms with van der Waals surface area (Å²) in [4.78, 5) is 16.6. The van der Waals surface area contributed by atoms with Crippen molar-refractivity contribution in [2.24, 2.45) is 0 Å². The fraction of sp³-hybridized carbons (Fsp3) is 0.130. The molecule has 0 bridgehead atoms. The molecule has 0 N–H and O–H groups in total. The van der Waals surface area contributed by atoms with E-state index in [1.807, 2.05) is 0 Å². The Hall–Kier alpha value is -4.54. The molecular weight excluding hydrogens is 514 g/mol. The fourth-order valence-corrected chi connectivity index (χ4v) is 3.57. The third kappa shape index (κ3) is 4.92. The molecule has 190 valence electrons. The zero-order valence-electron chi connectivity index (χ0n) is 18.1. The molecule has 6 nitrogen and oxygen atoms in total. The largest absolute Gasteiger partial charge is 0.420 e. The van der Waals surface area contributed by atoms with Crippen molar-refractivity contribution in [3.63, 3.8) is 0 Å². The van der Waals surface area contributed by atoms with Gasteiger partial charge in [-0.1, -0.05) is 6.07 Å². The highest BCUT2D eigenvalue weighted by Gasteiger charge is 2.37. The van der Waals surface area contributed by atoms with E-state index in [0.29, 0.717) is 21.4 Å². The zero-order chi connectivity index (χ0) is 27.1. The molecule has 0 aliphatic heterocycles. The fourth-order valence-electron chi connectivity index (χ4n) is 3.57. The summed E-state index contributed by atoms with van der Waals surface area (Å²) < 4.78 is 110. The van der Waals surface area contributed by atoms with Gasteiger partial charge in [-0.2, -0.15) is 36.7 Å². The molecular formula is C23H11F8N5O. The van der Waals surface area contributed by atoms with E-state index in [1.54, 1.807) is 0 Å². The van der Waals surface area contributed by atoms with Gasteiger partial charge >= 0.3 is 12.4 Å². The molecule has 0 spiro atoms. The van der Waals surface area contributed by atoms with Crippen molar-refractivity contribution in [1.29, 1.82) is 5.26 Å². The highest BCUT2D eigenvalue weighted by molar-refractivity contribution is 5.62. The molecule has 0 aliphatic rings. The molecule has 37 heavy (non-hydrogen) atoms. The van der Waals surface area contributed by atoms with Gasteiger partial charge in [-0.05, 0) is 24.3 Å². The van der Waals surface area contributed by atoms with Crippen LogP contribution in [0.3, 0.4) is 0 Å². The Morgan fingerprint density at radius 2 is 1.68 bits per heavy atom. The summed E-state index contributed by atoms with van der Waals surface area (Å²) in [5.74, 6) is -2.75. The van der Waals surface area contributed by atoms with Crippen molar-refractivity contribution in [3.8, 4) is 23.1 Å². The molecule has 0 atom stereocenters. The smallest absolute Gasteiger partial charge is 0.302 e. The van der Waals surface area contributed by atoms with Crippen LogP contribution in [-0.4, -0.2) is 19.3 Å². The van der Waals surface area contributed by atoms with Gasteiger partial charge in [-0.15, -0.1) is 0 Å². The molecule has 4 rings (SSSR count). The number of hydrogen-bond acceptors (Lipinski definition) is 4. The summed E-state index contributed by atoms with van der Waals surface area (Å²) in [5, 5.41) is 13.0. The van der Waals surface area contributed by atoms with Crippen LogP contribution in [0.1, 0.15) is 22.3 Å². The quantitative estimate of drug-likeness (QED) is 0.338. The first-order valence-electron chi connectivity index (χ1n) is 10.1. The summed E-state index contributed by atoms with van der Waals surface area (Å²) in [6, 6.07) is 5.69. The number of nitrogens with zero attached hydrogens (tertiary/aromatic N) is 5. The van der Waals surface area contributed by atoms with Crippen molar-refractivity contribution in [3.05, 3.63) is 99.2 Å². The zero-order valence-corrected chi connectivity index (χ0v) is 18.1. The van der Waals surface area contributed by atoms with E-state index in [1.165, 1.54) is 6.07 Å². The molecule has 4 aromatic rings. The van der Waals surface area contributed by atoms with Crippen LogP contribution in [0.15, 0.2) is 59.8 Å². The maximum Gasteiger partial charge on any atom is 0.420 e. The third-order valence-corrected chi connectivity index (χ3v) is 5.25. The molecule has 0 unspecified atom stereocenters. The lowest BCUT2D eigenvalue weighted by molar-refractivity contribution is -0.138. The van der Waals surface area contributed by atoms with E-state index < -0.39 is 64.3 Å². The second-order valence-corrected chi connectivity index (χ2v) is 7.60. The van der Waals surface area contributed by atoms with Crippen LogP contribution in [0, 0.1) is 23.0 Å². The normalized spacial score (nSPS) is 12.0. The van der Waals surface area contributed by atoms with Gasteiger partial charge in [0.2, 0.25) is 0 Å². The van der Waals surface area contributed by atoms with Crippen molar-refractivity contribution >= 4 is 0 Å². The number of alkyl halides is 6. The molecule has 0 fully saturated rings. The Labute approximate surface area is 201 Å². The van der Waals surface area contributed by atoms with Gasteiger partial charge in [0.25, 0.3) is 5.56 Å². The molecule has 0 aliphatic carbocycles. The predicted octanol–water partition coefficient (Wildman–Crippen LogP) is 5.33. The minimum Gasteiger partial charge on any atom is -0.302 e. The molecule has 0 amide bonds. The van der Waals surface area contributed by atoms with E-state index >= 15 is 0 Å². The summed E-state index contributed by atoms with van der Waals surface area (Å²) in [5.41, 5.74) is -6.62. The first-order valence-corrected chi connectivity index (χ1v) is 10.1. The van der Waals surface area contributed by atoms with Gasteiger partial charge in [0.05, 0.1) is 24.0 Å². The summed E-state index contributed by atoms with van der Waals surface area (Å²) in [6.07, 6.45) is -7.17. The van der Waals surface area contributed by atoms with Crippen LogP contribution in [0.5, 0.6) is 0 Å². The number of rotatable bonds is 4. The van der Waals surface area contributed by atoms with Gasteiger partial charge in [-0.25, -0.2) is 18.4 Å². The number of pyridine rings is 2. The Morgan fingerprint density at radius 1 is 0.973 bits per heavy atom. The molecule has 14 heteroatoms. The Balaban J connectivity index is 1.96. The second-order valence-electron chi connectivity index (χ2n) is 7.60. The van der Waals surface area contributed by atoms with Crippen LogP contribution in [0.25, 0.3) is 17.1 Å². The maximum atomic E-state index is 14.3. The predicted molar refractivity (Wildman–Crippen MR) is 111 cm³/mol. The summed E-state index contributed by atoms with van der Waals surface area (Å²) in [6.45, 7) is -0.727. The monoisotopic (exact) mass is 525 g/mol. The number of nitriles is 1.